The van der Waals surface area contributed by atoms with Crippen LogP contribution in [0, 0.1) is 0 Å². The van der Waals surface area contributed by atoms with Gasteiger partial charge in [0.05, 0.1) is 15.7 Å². The van der Waals surface area contributed by atoms with E-state index in [1.54, 1.807) is 29.7 Å². The molecule has 0 fully saturated rings. The second kappa shape index (κ2) is 10.5. The number of aromatic nitrogens is 4. The van der Waals surface area contributed by atoms with Gasteiger partial charge in [0.1, 0.15) is 5.00 Å². The van der Waals surface area contributed by atoms with Gasteiger partial charge in [-0.15, -0.1) is 22.7 Å². The summed E-state index contributed by atoms with van der Waals surface area (Å²) >= 11 is 3.46. The zero-order valence-corrected chi connectivity index (χ0v) is 26.3. The quantitative estimate of drug-likeness (QED) is 0.178. The Kier molecular flexibility index (Phi) is 6.12. The molecule has 0 spiro atoms. The van der Waals surface area contributed by atoms with E-state index in [2.05, 4.69) is 69.8 Å². The summed E-state index contributed by atoms with van der Waals surface area (Å²) in [4.78, 5) is 24.3. The SMILES string of the molecule is C=Nc1sc2c(c1C=NC)c1c3ccccc3sc1c1c2c2ccccc2n1-c1nc(-c2ccccc2)nc(-c2ccccc2)n1. The molecular weight excluding hydrogens is 605 g/mol. The van der Waals surface area contributed by atoms with Gasteiger partial charge in [0.2, 0.25) is 5.95 Å². The Hall–Kier alpha value is -5.57. The van der Waals surface area contributed by atoms with E-state index < -0.39 is 0 Å². The summed E-state index contributed by atoms with van der Waals surface area (Å²) in [5, 5.41) is 6.69. The van der Waals surface area contributed by atoms with Gasteiger partial charge >= 0.3 is 0 Å². The highest BCUT2D eigenvalue weighted by Crippen LogP contribution is 2.52. The van der Waals surface area contributed by atoms with E-state index in [1.807, 2.05) is 66.9 Å². The van der Waals surface area contributed by atoms with E-state index in [-0.39, 0.29) is 0 Å². The summed E-state index contributed by atoms with van der Waals surface area (Å²) in [6.45, 7) is 3.94. The van der Waals surface area contributed by atoms with Crippen molar-refractivity contribution in [1.29, 1.82) is 0 Å². The molecule has 6 nitrogen and oxygen atoms in total. The van der Waals surface area contributed by atoms with Gasteiger partial charge in [-0.1, -0.05) is 97.1 Å². The highest BCUT2D eigenvalue weighted by atomic mass is 32.1. The van der Waals surface area contributed by atoms with Crippen molar-refractivity contribution in [1.82, 2.24) is 19.5 Å². The number of hydrogen-bond donors (Lipinski definition) is 0. The summed E-state index contributed by atoms with van der Waals surface area (Å²) in [7, 11) is 1.80. The molecule has 0 saturated heterocycles. The summed E-state index contributed by atoms with van der Waals surface area (Å²) in [6.07, 6.45) is 1.92. The van der Waals surface area contributed by atoms with Crippen LogP contribution in [0.2, 0.25) is 0 Å². The van der Waals surface area contributed by atoms with E-state index in [0.717, 1.165) is 53.6 Å². The van der Waals surface area contributed by atoms with E-state index in [4.69, 9.17) is 15.0 Å². The molecule has 5 aromatic carbocycles. The van der Waals surface area contributed by atoms with Crippen molar-refractivity contribution >= 4 is 92.7 Å². The van der Waals surface area contributed by atoms with Crippen molar-refractivity contribution in [2.45, 2.75) is 0 Å². The van der Waals surface area contributed by atoms with Crippen molar-refractivity contribution in [2.24, 2.45) is 9.98 Å². The van der Waals surface area contributed by atoms with E-state index >= 15 is 0 Å². The number of hydrogen-bond acceptors (Lipinski definition) is 7. The third-order valence-corrected chi connectivity index (χ3v) is 10.7. The number of benzene rings is 5. The molecule has 46 heavy (non-hydrogen) atoms. The van der Waals surface area contributed by atoms with Gasteiger partial charge < -0.3 is 0 Å². The molecule has 0 aliphatic carbocycles. The van der Waals surface area contributed by atoms with E-state index in [9.17, 15) is 0 Å². The van der Waals surface area contributed by atoms with Gasteiger partial charge in [-0.05, 0) is 18.9 Å². The maximum absolute atomic E-state index is 5.18. The molecule has 0 amide bonds. The first kappa shape index (κ1) is 26.8. The van der Waals surface area contributed by atoms with Crippen molar-refractivity contribution in [3.8, 4) is 28.7 Å². The van der Waals surface area contributed by atoms with Crippen LogP contribution < -0.4 is 0 Å². The van der Waals surface area contributed by atoms with Crippen LogP contribution in [0.1, 0.15) is 5.56 Å². The molecule has 218 valence electrons. The average Bonchev–Trinajstić information content (AvgIpc) is 3.78. The van der Waals surface area contributed by atoms with Crippen molar-refractivity contribution in [3.05, 3.63) is 115 Å². The van der Waals surface area contributed by atoms with E-state index in [0.29, 0.717) is 17.6 Å². The minimum absolute atomic E-state index is 0.575. The highest BCUT2D eigenvalue weighted by molar-refractivity contribution is 7.28. The monoisotopic (exact) mass is 628 g/mol. The number of nitrogens with zero attached hydrogens (tertiary/aromatic N) is 6. The fraction of sp³-hybridized carbons (Fsp3) is 0.0263. The zero-order valence-electron chi connectivity index (χ0n) is 24.7. The molecule has 0 bridgehead atoms. The highest BCUT2D eigenvalue weighted by Gasteiger charge is 2.27. The third kappa shape index (κ3) is 3.90. The molecule has 0 aliphatic rings. The Labute approximate surface area is 271 Å². The van der Waals surface area contributed by atoms with Crippen LogP contribution in [0.5, 0.6) is 0 Å². The van der Waals surface area contributed by atoms with Crippen molar-refractivity contribution in [3.63, 3.8) is 0 Å². The van der Waals surface area contributed by atoms with Gasteiger partial charge in [-0.2, -0.15) is 9.97 Å². The number of para-hydroxylation sites is 1. The van der Waals surface area contributed by atoms with Crippen LogP contribution in [0.4, 0.5) is 5.00 Å². The molecule has 0 atom stereocenters. The Morgan fingerprint density at radius 2 is 1.28 bits per heavy atom. The normalized spacial score (nSPS) is 12.0. The predicted molar refractivity (Wildman–Crippen MR) is 196 cm³/mol. The van der Waals surface area contributed by atoms with Crippen LogP contribution in [0.3, 0.4) is 0 Å². The smallest absolute Gasteiger partial charge is 0.238 e. The summed E-state index contributed by atoms with van der Waals surface area (Å²) < 4.78 is 5.77. The lowest BCUT2D eigenvalue weighted by atomic mass is 10.0. The fourth-order valence-corrected chi connectivity index (χ4v) is 8.87. The number of rotatable bonds is 5. The first-order chi connectivity index (χ1) is 22.7. The van der Waals surface area contributed by atoms with Crippen LogP contribution in [0.25, 0.3) is 80.8 Å². The molecule has 9 rings (SSSR count). The minimum Gasteiger partial charge on any atom is -0.296 e. The second-order valence-electron chi connectivity index (χ2n) is 11.0. The van der Waals surface area contributed by atoms with E-state index in [1.165, 1.54) is 20.2 Å². The van der Waals surface area contributed by atoms with Gasteiger partial charge in [-0.25, -0.2) is 4.98 Å². The molecule has 4 heterocycles. The molecule has 4 aromatic heterocycles. The maximum atomic E-state index is 5.18. The average molecular weight is 629 g/mol. The van der Waals surface area contributed by atoms with Gasteiger partial charge in [-0.3, -0.25) is 14.6 Å². The zero-order chi connectivity index (χ0) is 30.8. The predicted octanol–water partition coefficient (Wildman–Crippen LogP) is 10.3. The Balaban J connectivity index is 1.52. The molecule has 0 unspecified atom stereocenters. The number of fused-ring (bicyclic) bond motifs is 10. The molecule has 0 N–H and O–H groups in total. The lowest BCUT2D eigenvalue weighted by Crippen LogP contribution is -2.06. The van der Waals surface area contributed by atoms with Gasteiger partial charge in [0.25, 0.3) is 0 Å². The Morgan fingerprint density at radius 1 is 0.652 bits per heavy atom. The first-order valence-electron chi connectivity index (χ1n) is 14.8. The molecule has 8 heteroatoms. The van der Waals surface area contributed by atoms with Crippen LogP contribution in [-0.4, -0.2) is 39.5 Å². The van der Waals surface area contributed by atoms with Crippen LogP contribution >= 0.6 is 22.7 Å². The fourth-order valence-electron chi connectivity index (χ4n) is 6.47. The van der Waals surface area contributed by atoms with Crippen molar-refractivity contribution < 1.29 is 0 Å². The summed E-state index contributed by atoms with van der Waals surface area (Å²) in [5.41, 5.74) is 4.97. The standard InChI is InChI=1S/C38H24N6S2/c1-39-21-26-30-29-25-18-10-12-20-28(25)45-34(29)32-31(33(30)46-37(26)40-2)24-17-9-11-19-27(24)44(32)38-42-35(22-13-5-3-6-14-22)41-36(43-38)23-15-7-4-8-16-23/h3-21H,2H2,1H3. The van der Waals surface area contributed by atoms with Crippen molar-refractivity contribution in [2.75, 3.05) is 7.05 Å². The first-order valence-corrected chi connectivity index (χ1v) is 16.5. The lowest BCUT2D eigenvalue weighted by Gasteiger charge is -2.11. The maximum Gasteiger partial charge on any atom is 0.238 e. The van der Waals surface area contributed by atoms with Gasteiger partial charge in [0, 0.05) is 66.3 Å². The number of aliphatic imine (C=N–C) groups is 2. The number of thiophene rings is 2. The molecule has 0 saturated carbocycles. The third-order valence-electron chi connectivity index (χ3n) is 8.38. The topological polar surface area (TPSA) is 68.3 Å². The summed E-state index contributed by atoms with van der Waals surface area (Å²) in [6, 6.07) is 37.4. The largest absolute Gasteiger partial charge is 0.296 e. The Bertz CT molecular complexity index is 2610. The minimum atomic E-state index is 0.575. The molecule has 9 aromatic rings. The molecule has 0 aliphatic heterocycles. The second-order valence-corrected chi connectivity index (χ2v) is 13.0. The molecule has 0 radical (unpaired) electrons. The van der Waals surface area contributed by atoms with Crippen LogP contribution in [0.15, 0.2) is 119 Å². The van der Waals surface area contributed by atoms with Gasteiger partial charge in [0.15, 0.2) is 11.6 Å². The molecular formula is C38H24N6S2. The summed E-state index contributed by atoms with van der Waals surface area (Å²) in [5.74, 6) is 1.82. The Morgan fingerprint density at radius 3 is 1.96 bits per heavy atom. The van der Waals surface area contributed by atoms with Crippen LogP contribution in [-0.2, 0) is 0 Å². The lowest BCUT2D eigenvalue weighted by molar-refractivity contribution is 0.955.